The van der Waals surface area contributed by atoms with Crippen LogP contribution in [0, 0.1) is 20.8 Å². The summed E-state index contributed by atoms with van der Waals surface area (Å²) in [4.78, 5) is 6.57. The van der Waals surface area contributed by atoms with E-state index in [1.807, 2.05) is 0 Å². The van der Waals surface area contributed by atoms with Crippen molar-refractivity contribution in [2.75, 3.05) is 18.0 Å². The van der Waals surface area contributed by atoms with Crippen LogP contribution in [0.1, 0.15) is 12.8 Å². The van der Waals surface area contributed by atoms with Crippen LogP contribution in [-0.4, -0.2) is 18.1 Å². The van der Waals surface area contributed by atoms with Crippen molar-refractivity contribution in [1.29, 1.82) is 5.26 Å². The molecule has 0 aliphatic carbocycles. The molecular weight excluding hydrogens is 336 g/mol. The van der Waals surface area contributed by atoms with Crippen LogP contribution in [0.4, 0.5) is 5.82 Å². The van der Waals surface area contributed by atoms with E-state index in [-0.39, 0.29) is 5.92 Å². The maximum absolute atomic E-state index is 8.84. The minimum Gasteiger partial charge on any atom is -0.356 e. The van der Waals surface area contributed by atoms with Gasteiger partial charge in [0.15, 0.2) is 0 Å². The van der Waals surface area contributed by atoms with Gasteiger partial charge in [0.05, 0.1) is 14.7 Å². The number of nitriles is 1. The molecule has 0 amide bonds. The van der Waals surface area contributed by atoms with E-state index in [0.29, 0.717) is 0 Å². The second-order valence-corrected chi connectivity index (χ2v) is 5.31. The lowest BCUT2D eigenvalue weighted by atomic mass is 9.99. The Morgan fingerprint density at radius 2 is 2.19 bits per heavy atom. The van der Waals surface area contributed by atoms with E-state index in [0.717, 1.165) is 40.3 Å². The Hall–Kier alpha value is -0.540. The number of hydrogen-bond acceptors (Lipinski definition) is 3. The zero-order valence-electron chi connectivity index (χ0n) is 8.66. The highest BCUT2D eigenvalue weighted by atomic mass is 127. The van der Waals surface area contributed by atoms with Gasteiger partial charge in [-0.05, 0) is 41.5 Å². The summed E-state index contributed by atoms with van der Waals surface area (Å²) in [5, 5.41) is 9.58. The zero-order chi connectivity index (χ0) is 11.5. The first-order valence-electron chi connectivity index (χ1n) is 5.17. The van der Waals surface area contributed by atoms with Gasteiger partial charge in [-0.1, -0.05) is 11.6 Å². The average Bonchev–Trinajstić information content (AvgIpc) is 2.33. The highest BCUT2D eigenvalue weighted by Gasteiger charge is 2.21. The van der Waals surface area contributed by atoms with Crippen LogP contribution in [-0.2, 0) is 0 Å². The molecule has 16 heavy (non-hydrogen) atoms. The van der Waals surface area contributed by atoms with Gasteiger partial charge in [-0.3, -0.25) is 0 Å². The molecule has 0 aromatic carbocycles. The second-order valence-electron chi connectivity index (χ2n) is 3.82. The molecule has 1 aromatic heterocycles. The van der Waals surface area contributed by atoms with E-state index in [1.54, 1.807) is 12.3 Å². The number of halogens is 2. The van der Waals surface area contributed by atoms with E-state index < -0.39 is 0 Å². The van der Waals surface area contributed by atoms with E-state index in [1.165, 1.54) is 0 Å². The molecule has 1 aliphatic rings. The third kappa shape index (κ3) is 2.41. The maximum atomic E-state index is 8.84. The van der Waals surface area contributed by atoms with Crippen molar-refractivity contribution in [2.45, 2.75) is 12.8 Å². The number of anilines is 1. The zero-order valence-corrected chi connectivity index (χ0v) is 11.6. The van der Waals surface area contributed by atoms with Crippen LogP contribution >= 0.6 is 34.2 Å². The van der Waals surface area contributed by atoms with Gasteiger partial charge >= 0.3 is 0 Å². The van der Waals surface area contributed by atoms with Crippen LogP contribution in [0.5, 0.6) is 0 Å². The van der Waals surface area contributed by atoms with Gasteiger partial charge in [-0.25, -0.2) is 4.98 Å². The fraction of sp³-hybridized carbons (Fsp3) is 0.455. The number of hydrogen-bond donors (Lipinski definition) is 0. The molecule has 0 spiro atoms. The van der Waals surface area contributed by atoms with E-state index >= 15 is 0 Å². The fourth-order valence-electron chi connectivity index (χ4n) is 1.85. The van der Waals surface area contributed by atoms with Gasteiger partial charge in [0.2, 0.25) is 0 Å². The topological polar surface area (TPSA) is 39.9 Å². The molecule has 0 unspecified atom stereocenters. The number of piperidine rings is 1. The Morgan fingerprint density at radius 1 is 1.50 bits per heavy atom. The van der Waals surface area contributed by atoms with Crippen LogP contribution in [0.15, 0.2) is 12.3 Å². The highest BCUT2D eigenvalue weighted by Crippen LogP contribution is 2.29. The molecule has 3 nitrogen and oxygen atoms in total. The molecule has 0 saturated carbocycles. The van der Waals surface area contributed by atoms with Crippen LogP contribution in [0.3, 0.4) is 0 Å². The maximum Gasteiger partial charge on any atom is 0.143 e. The van der Waals surface area contributed by atoms with E-state index in [2.05, 4.69) is 38.5 Å². The van der Waals surface area contributed by atoms with Crippen LogP contribution < -0.4 is 4.90 Å². The summed E-state index contributed by atoms with van der Waals surface area (Å²) < 4.78 is 0.997. The summed E-state index contributed by atoms with van der Waals surface area (Å²) in [5.41, 5.74) is 0. The van der Waals surface area contributed by atoms with E-state index in [9.17, 15) is 0 Å². The Bertz CT molecular complexity index is 422. The highest BCUT2D eigenvalue weighted by molar-refractivity contribution is 14.1. The largest absolute Gasteiger partial charge is 0.356 e. The van der Waals surface area contributed by atoms with Crippen molar-refractivity contribution in [1.82, 2.24) is 4.98 Å². The lowest BCUT2D eigenvalue weighted by molar-refractivity contribution is 0.485. The van der Waals surface area contributed by atoms with Gasteiger partial charge < -0.3 is 4.90 Å². The minimum absolute atomic E-state index is 0.202. The summed E-state index contributed by atoms with van der Waals surface area (Å²) in [6.45, 7) is 1.78. The lowest BCUT2D eigenvalue weighted by Crippen LogP contribution is -2.34. The Morgan fingerprint density at radius 3 is 2.81 bits per heavy atom. The lowest BCUT2D eigenvalue weighted by Gasteiger charge is -2.30. The molecule has 0 bridgehead atoms. The minimum atomic E-state index is 0.202. The van der Waals surface area contributed by atoms with Crippen molar-refractivity contribution in [3.8, 4) is 6.07 Å². The summed E-state index contributed by atoms with van der Waals surface area (Å²) in [5.74, 6) is 1.15. The van der Waals surface area contributed by atoms with Gasteiger partial charge in [0.25, 0.3) is 0 Å². The molecule has 1 aliphatic heterocycles. The third-order valence-electron chi connectivity index (χ3n) is 2.80. The molecule has 2 rings (SSSR count). The molecule has 1 fully saturated rings. The number of pyridine rings is 1. The number of aromatic nitrogens is 1. The monoisotopic (exact) mass is 347 g/mol. The Labute approximate surface area is 114 Å². The first-order valence-corrected chi connectivity index (χ1v) is 6.62. The van der Waals surface area contributed by atoms with Crippen molar-refractivity contribution >= 4 is 40.0 Å². The van der Waals surface area contributed by atoms with Crippen molar-refractivity contribution in [3.63, 3.8) is 0 Å². The summed E-state index contributed by atoms with van der Waals surface area (Å²) >= 11 is 8.28. The molecule has 1 saturated heterocycles. The summed E-state index contributed by atoms with van der Waals surface area (Å²) in [7, 11) is 0. The van der Waals surface area contributed by atoms with Gasteiger partial charge in [0.1, 0.15) is 5.82 Å². The molecule has 0 N–H and O–H groups in total. The standard InChI is InChI=1S/C11H11ClIN3/c12-9-1-4-15-11(10(9)13)16-5-2-8(7-14)3-6-16/h1,4,8H,2-3,5-6H2. The molecular formula is C11H11ClIN3. The van der Waals surface area contributed by atoms with Crippen molar-refractivity contribution < 1.29 is 0 Å². The normalized spacial score (nSPS) is 17.2. The molecule has 0 radical (unpaired) electrons. The van der Waals surface area contributed by atoms with Crippen LogP contribution in [0.25, 0.3) is 0 Å². The summed E-state index contributed by atoms with van der Waals surface area (Å²) in [6.07, 6.45) is 3.57. The smallest absolute Gasteiger partial charge is 0.143 e. The van der Waals surface area contributed by atoms with Crippen molar-refractivity contribution in [3.05, 3.63) is 20.9 Å². The SMILES string of the molecule is N#CC1CCN(c2nccc(Cl)c2I)CC1. The Balaban J connectivity index is 2.15. The molecule has 2 heterocycles. The average molecular weight is 348 g/mol. The van der Waals surface area contributed by atoms with Gasteiger partial charge in [0, 0.05) is 25.2 Å². The van der Waals surface area contributed by atoms with Crippen molar-refractivity contribution in [2.24, 2.45) is 5.92 Å². The molecule has 0 atom stereocenters. The summed E-state index contributed by atoms with van der Waals surface area (Å²) in [6, 6.07) is 4.13. The Kier molecular flexibility index (Phi) is 3.87. The second kappa shape index (κ2) is 5.19. The first kappa shape index (κ1) is 11.9. The molecule has 84 valence electrons. The molecule has 1 aromatic rings. The molecule has 5 heteroatoms. The quantitative estimate of drug-likeness (QED) is 0.733. The fourth-order valence-corrected chi connectivity index (χ4v) is 2.65. The van der Waals surface area contributed by atoms with Gasteiger partial charge in [-0.2, -0.15) is 5.26 Å². The van der Waals surface area contributed by atoms with Gasteiger partial charge in [-0.15, -0.1) is 0 Å². The van der Waals surface area contributed by atoms with Crippen LogP contribution in [0.2, 0.25) is 5.02 Å². The number of nitrogens with zero attached hydrogens (tertiary/aromatic N) is 3. The third-order valence-corrected chi connectivity index (χ3v) is 4.50. The first-order chi connectivity index (χ1) is 7.72. The number of rotatable bonds is 1. The predicted molar refractivity (Wildman–Crippen MR) is 72.5 cm³/mol. The van der Waals surface area contributed by atoms with E-state index in [4.69, 9.17) is 16.9 Å². The predicted octanol–water partition coefficient (Wildman–Crippen LogP) is 3.08.